The first-order valence-electron chi connectivity index (χ1n) is 8.83. The molecule has 10 heteroatoms. The number of hydrogen-bond donors (Lipinski definition) is 2. The van der Waals surface area contributed by atoms with Crippen LogP contribution in [0.15, 0.2) is 48.9 Å². The smallest absolute Gasteiger partial charge is 0.240 e. The van der Waals surface area contributed by atoms with Gasteiger partial charge in [0.25, 0.3) is 0 Å². The zero-order chi connectivity index (χ0) is 22.0. The molecular weight excluding hydrogens is 477 g/mol. The molecule has 0 aliphatic carbocycles. The molecule has 0 radical (unpaired) electrons. The van der Waals surface area contributed by atoms with Crippen LogP contribution in [0.3, 0.4) is 0 Å². The molecule has 3 aromatic heterocycles. The number of thiophene rings is 1. The molecule has 31 heavy (non-hydrogen) atoms. The number of aromatic nitrogens is 3. The SMILES string of the molecule is [C-]#[N+]c1c(-c2ccnc(NC(=O)CCl)c2)sc(-c2ncc[nH]2)c1-c1ccc(Cl)cc1Cl. The minimum absolute atomic E-state index is 0.180. The van der Waals surface area contributed by atoms with Gasteiger partial charge in [0, 0.05) is 39.1 Å². The van der Waals surface area contributed by atoms with Gasteiger partial charge in [-0.2, -0.15) is 0 Å². The highest BCUT2D eigenvalue weighted by atomic mass is 35.5. The minimum Gasteiger partial charge on any atom is -0.344 e. The first-order valence-corrected chi connectivity index (χ1v) is 10.9. The maximum Gasteiger partial charge on any atom is 0.240 e. The second-order valence-corrected chi connectivity index (χ2v) is 8.40. The number of carbonyl (C=O) groups excluding carboxylic acids is 1. The van der Waals surface area contributed by atoms with Gasteiger partial charge in [0.05, 0.1) is 11.4 Å². The van der Waals surface area contributed by atoms with Crippen LogP contribution < -0.4 is 5.32 Å². The molecule has 1 amide bonds. The maximum atomic E-state index is 11.6. The van der Waals surface area contributed by atoms with Crippen LogP contribution in [0.5, 0.6) is 0 Å². The fourth-order valence-electron chi connectivity index (χ4n) is 3.04. The number of halogens is 3. The van der Waals surface area contributed by atoms with E-state index in [4.69, 9.17) is 41.4 Å². The van der Waals surface area contributed by atoms with Crippen LogP contribution in [0.25, 0.3) is 37.1 Å². The number of pyridine rings is 1. The fraction of sp³-hybridized carbons (Fsp3) is 0.0476. The second kappa shape index (κ2) is 9.08. The number of nitrogens with one attached hydrogen (secondary N) is 2. The molecule has 0 aliphatic heterocycles. The molecule has 154 valence electrons. The van der Waals surface area contributed by atoms with E-state index < -0.39 is 0 Å². The van der Waals surface area contributed by atoms with E-state index in [0.717, 1.165) is 10.4 Å². The van der Waals surface area contributed by atoms with Gasteiger partial charge in [-0.15, -0.1) is 22.9 Å². The molecule has 6 nitrogen and oxygen atoms in total. The Morgan fingerprint density at radius 3 is 2.68 bits per heavy atom. The van der Waals surface area contributed by atoms with Crippen molar-refractivity contribution >= 4 is 63.6 Å². The monoisotopic (exact) mass is 487 g/mol. The molecule has 3 heterocycles. The highest BCUT2D eigenvalue weighted by molar-refractivity contribution is 7.20. The van der Waals surface area contributed by atoms with E-state index in [1.807, 2.05) is 0 Å². The number of nitrogens with zero attached hydrogens (tertiary/aromatic N) is 3. The quantitative estimate of drug-likeness (QED) is 0.237. The standard InChI is InChI=1S/C21H12Cl3N5OS/c1-25-18-17(13-3-2-12(23)9-14(13)24)20(21-27-6-7-28-21)31-19(18)11-4-5-26-15(8-11)29-16(30)10-22/h2-9H,10H2,(H,27,28)(H,26,29,30). The van der Waals surface area contributed by atoms with E-state index in [1.165, 1.54) is 11.3 Å². The third-order valence-corrected chi connectivity index (χ3v) is 6.34. The van der Waals surface area contributed by atoms with Crippen molar-refractivity contribution in [3.05, 3.63) is 70.4 Å². The van der Waals surface area contributed by atoms with Crippen molar-refractivity contribution in [1.29, 1.82) is 0 Å². The number of rotatable bonds is 5. The van der Waals surface area contributed by atoms with Crippen molar-refractivity contribution in [2.75, 3.05) is 11.2 Å². The van der Waals surface area contributed by atoms with Gasteiger partial charge in [0.2, 0.25) is 11.6 Å². The highest BCUT2D eigenvalue weighted by Crippen LogP contribution is 2.53. The van der Waals surface area contributed by atoms with Gasteiger partial charge in [-0.25, -0.2) is 14.8 Å². The van der Waals surface area contributed by atoms with E-state index >= 15 is 0 Å². The summed E-state index contributed by atoms with van der Waals surface area (Å²) in [6.07, 6.45) is 4.92. The number of carbonyl (C=O) groups is 1. The largest absolute Gasteiger partial charge is 0.344 e. The Labute approximate surface area is 196 Å². The maximum absolute atomic E-state index is 11.6. The van der Waals surface area contributed by atoms with Crippen molar-refractivity contribution in [2.24, 2.45) is 0 Å². The first-order chi connectivity index (χ1) is 15.0. The molecule has 4 aromatic rings. The summed E-state index contributed by atoms with van der Waals surface area (Å²) in [5, 5.41) is 3.56. The first kappa shape index (κ1) is 21.3. The van der Waals surface area contributed by atoms with Crippen LogP contribution in [0.1, 0.15) is 0 Å². The van der Waals surface area contributed by atoms with Gasteiger partial charge in [0.15, 0.2) is 0 Å². The normalized spacial score (nSPS) is 10.6. The van der Waals surface area contributed by atoms with Gasteiger partial charge in [-0.1, -0.05) is 29.3 Å². The molecule has 0 bridgehead atoms. The molecule has 0 fully saturated rings. The lowest BCUT2D eigenvalue weighted by Crippen LogP contribution is -2.13. The van der Waals surface area contributed by atoms with Crippen LogP contribution in [0.2, 0.25) is 10.0 Å². The lowest BCUT2D eigenvalue weighted by molar-refractivity contribution is -0.113. The molecule has 4 rings (SSSR count). The lowest BCUT2D eigenvalue weighted by Gasteiger charge is -2.07. The summed E-state index contributed by atoms with van der Waals surface area (Å²) < 4.78 is 0. The summed E-state index contributed by atoms with van der Waals surface area (Å²) >= 11 is 19.5. The van der Waals surface area contributed by atoms with Gasteiger partial charge in [0.1, 0.15) is 17.5 Å². The zero-order valence-corrected chi connectivity index (χ0v) is 18.7. The Bertz CT molecular complexity index is 1310. The van der Waals surface area contributed by atoms with Crippen molar-refractivity contribution < 1.29 is 4.79 Å². The van der Waals surface area contributed by atoms with Crippen LogP contribution in [0.4, 0.5) is 11.5 Å². The van der Waals surface area contributed by atoms with Crippen LogP contribution in [-0.2, 0) is 4.79 Å². The Morgan fingerprint density at radius 1 is 1.16 bits per heavy atom. The molecule has 1 aromatic carbocycles. The molecular formula is C21H12Cl3N5OS. The summed E-state index contributed by atoms with van der Waals surface area (Å²) in [5.74, 6) is 0.415. The molecule has 0 saturated carbocycles. The van der Waals surface area contributed by atoms with E-state index in [-0.39, 0.29) is 11.8 Å². The van der Waals surface area contributed by atoms with E-state index in [9.17, 15) is 4.79 Å². The minimum atomic E-state index is -0.368. The number of amides is 1. The van der Waals surface area contributed by atoms with E-state index in [0.29, 0.717) is 43.4 Å². The number of alkyl halides is 1. The average Bonchev–Trinajstić information content (AvgIpc) is 3.41. The van der Waals surface area contributed by atoms with Gasteiger partial charge >= 0.3 is 0 Å². The number of benzene rings is 1. The Kier molecular flexibility index (Phi) is 6.25. The number of hydrogen-bond acceptors (Lipinski definition) is 4. The van der Waals surface area contributed by atoms with Gasteiger partial charge in [-0.05, 0) is 35.4 Å². The molecule has 0 atom stereocenters. The fourth-order valence-corrected chi connectivity index (χ4v) is 4.82. The molecule has 0 spiro atoms. The Balaban J connectivity index is 1.94. The number of aromatic amines is 1. The number of imidazole rings is 1. The summed E-state index contributed by atoms with van der Waals surface area (Å²) in [6.45, 7) is 7.90. The molecule has 0 saturated heterocycles. The molecule has 0 unspecified atom stereocenters. The van der Waals surface area contributed by atoms with Crippen LogP contribution in [-0.4, -0.2) is 26.7 Å². The molecule has 2 N–H and O–H groups in total. The van der Waals surface area contributed by atoms with Crippen LogP contribution in [0, 0.1) is 6.57 Å². The summed E-state index contributed by atoms with van der Waals surface area (Å²) in [5.41, 5.74) is 2.48. The summed E-state index contributed by atoms with van der Waals surface area (Å²) in [7, 11) is 0. The van der Waals surface area contributed by atoms with E-state index in [2.05, 4.69) is 25.1 Å². The van der Waals surface area contributed by atoms with Crippen molar-refractivity contribution in [2.45, 2.75) is 0 Å². The van der Waals surface area contributed by atoms with Gasteiger partial charge < -0.3 is 10.3 Å². The van der Waals surface area contributed by atoms with E-state index in [1.54, 1.807) is 48.9 Å². The number of anilines is 1. The third kappa shape index (κ3) is 4.29. The zero-order valence-electron chi connectivity index (χ0n) is 15.6. The highest BCUT2D eigenvalue weighted by Gasteiger charge is 2.25. The summed E-state index contributed by atoms with van der Waals surface area (Å²) in [6, 6.07) is 8.63. The predicted octanol–water partition coefficient (Wildman–Crippen LogP) is 6.90. The third-order valence-electron chi connectivity index (χ3n) is 4.32. The van der Waals surface area contributed by atoms with Crippen molar-refractivity contribution in [3.8, 4) is 32.3 Å². The van der Waals surface area contributed by atoms with Gasteiger partial charge in [-0.3, -0.25) is 4.79 Å². The summed E-state index contributed by atoms with van der Waals surface area (Å²) in [4.78, 5) is 28.6. The van der Waals surface area contributed by atoms with Crippen molar-refractivity contribution in [3.63, 3.8) is 0 Å². The molecule has 0 aliphatic rings. The predicted molar refractivity (Wildman–Crippen MR) is 126 cm³/mol. The van der Waals surface area contributed by atoms with Crippen LogP contribution >= 0.6 is 46.1 Å². The Morgan fingerprint density at radius 2 is 2.00 bits per heavy atom. The lowest BCUT2D eigenvalue weighted by atomic mass is 10.0. The second-order valence-electron chi connectivity index (χ2n) is 6.27. The van der Waals surface area contributed by atoms with Crippen molar-refractivity contribution in [1.82, 2.24) is 15.0 Å². The number of H-pyrrole nitrogens is 1. The topological polar surface area (TPSA) is 75.0 Å². The average molecular weight is 489 g/mol. The Hall–Kier alpha value is -2.89.